The van der Waals surface area contributed by atoms with Gasteiger partial charge in [0.15, 0.2) is 0 Å². The number of carbonyl (C=O) groups excluding carboxylic acids is 3. The first-order valence-electron chi connectivity index (χ1n) is 10.2. The van der Waals surface area contributed by atoms with Crippen LogP contribution in [0.5, 0.6) is 0 Å². The number of likely N-dealkylation sites (tertiary alicyclic amines) is 1. The van der Waals surface area contributed by atoms with Crippen LogP contribution in [-0.4, -0.2) is 63.6 Å². The number of esters is 1. The fraction of sp³-hybridized carbons (Fsp3) is 0.571. The number of amides is 2. The van der Waals surface area contributed by atoms with Crippen molar-refractivity contribution in [1.29, 1.82) is 0 Å². The number of aliphatic hydroxyl groups is 1. The van der Waals surface area contributed by atoms with Crippen molar-refractivity contribution in [3.63, 3.8) is 0 Å². The Labute approximate surface area is 184 Å². The fourth-order valence-electron chi connectivity index (χ4n) is 5.29. The van der Waals surface area contributed by atoms with Crippen LogP contribution in [-0.2, 0) is 19.1 Å². The normalized spacial score (nSPS) is 31.7. The second-order valence-electron chi connectivity index (χ2n) is 7.98. The Morgan fingerprint density at radius 2 is 2.20 bits per heavy atom. The van der Waals surface area contributed by atoms with E-state index >= 15 is 0 Å². The van der Waals surface area contributed by atoms with E-state index < -0.39 is 22.6 Å². The number of nitrogens with one attached hydrogen (secondary N) is 1. The lowest BCUT2D eigenvalue weighted by Gasteiger charge is -2.34. The number of aryl methyl sites for hydroxylation is 1. The van der Waals surface area contributed by atoms with Crippen molar-refractivity contribution in [2.75, 3.05) is 25.1 Å². The number of thioether (sulfide) groups is 1. The van der Waals surface area contributed by atoms with E-state index in [4.69, 9.17) is 16.3 Å². The highest BCUT2D eigenvalue weighted by molar-refractivity contribution is 8.02. The maximum absolute atomic E-state index is 13.5. The summed E-state index contributed by atoms with van der Waals surface area (Å²) < 4.78 is 4.56. The number of para-hydroxylation sites is 1. The van der Waals surface area contributed by atoms with Crippen molar-refractivity contribution in [1.82, 2.24) is 4.90 Å². The Bertz CT molecular complexity index is 876. The van der Waals surface area contributed by atoms with Crippen LogP contribution in [0.2, 0.25) is 5.02 Å². The zero-order valence-electron chi connectivity index (χ0n) is 16.9. The molecule has 0 saturated carbocycles. The monoisotopic (exact) mass is 452 g/mol. The maximum atomic E-state index is 13.5. The number of halogens is 1. The summed E-state index contributed by atoms with van der Waals surface area (Å²) in [5.74, 6) is -2.14. The summed E-state index contributed by atoms with van der Waals surface area (Å²) >= 11 is 7.85. The van der Waals surface area contributed by atoms with Gasteiger partial charge in [0, 0.05) is 11.8 Å². The van der Waals surface area contributed by atoms with Crippen LogP contribution in [0.4, 0.5) is 5.69 Å². The van der Waals surface area contributed by atoms with E-state index in [-0.39, 0.29) is 42.8 Å². The quantitative estimate of drug-likeness (QED) is 0.642. The zero-order chi connectivity index (χ0) is 21.6. The van der Waals surface area contributed by atoms with Crippen LogP contribution in [0, 0.1) is 18.8 Å². The number of anilines is 1. The third-order valence-corrected chi connectivity index (χ3v) is 8.69. The van der Waals surface area contributed by atoms with Crippen molar-refractivity contribution >= 4 is 46.8 Å². The van der Waals surface area contributed by atoms with Gasteiger partial charge in [-0.2, -0.15) is 0 Å². The van der Waals surface area contributed by atoms with Gasteiger partial charge in [-0.3, -0.25) is 14.4 Å². The number of benzene rings is 1. The number of rotatable bonds is 6. The van der Waals surface area contributed by atoms with E-state index in [1.165, 1.54) is 4.90 Å². The highest BCUT2D eigenvalue weighted by Gasteiger charge is 2.73. The van der Waals surface area contributed by atoms with E-state index in [1.807, 2.05) is 13.0 Å². The first-order chi connectivity index (χ1) is 14.4. The van der Waals surface area contributed by atoms with Gasteiger partial charge in [0.1, 0.15) is 6.04 Å². The lowest BCUT2D eigenvalue weighted by molar-refractivity contribution is -0.153. The van der Waals surface area contributed by atoms with Crippen LogP contribution in [0.3, 0.4) is 0 Å². The molecule has 2 bridgehead atoms. The molecule has 3 aliphatic heterocycles. The van der Waals surface area contributed by atoms with Gasteiger partial charge in [0.2, 0.25) is 11.8 Å². The minimum Gasteiger partial charge on any atom is -0.466 e. The van der Waals surface area contributed by atoms with Crippen molar-refractivity contribution in [3.05, 3.63) is 28.8 Å². The van der Waals surface area contributed by atoms with Gasteiger partial charge in [-0.05, 0) is 38.3 Å². The molecule has 7 nitrogen and oxygen atoms in total. The van der Waals surface area contributed by atoms with Crippen molar-refractivity contribution in [2.24, 2.45) is 11.8 Å². The molecule has 9 heteroatoms. The predicted molar refractivity (Wildman–Crippen MR) is 114 cm³/mol. The van der Waals surface area contributed by atoms with Gasteiger partial charge >= 0.3 is 5.97 Å². The van der Waals surface area contributed by atoms with Gasteiger partial charge in [-0.1, -0.05) is 23.7 Å². The average molecular weight is 453 g/mol. The fourth-order valence-corrected chi connectivity index (χ4v) is 7.77. The van der Waals surface area contributed by atoms with Crippen molar-refractivity contribution in [2.45, 2.75) is 42.7 Å². The Hall–Kier alpha value is -1.77. The van der Waals surface area contributed by atoms with Crippen LogP contribution in [0.15, 0.2) is 18.2 Å². The molecule has 2 N–H and O–H groups in total. The third kappa shape index (κ3) is 3.11. The summed E-state index contributed by atoms with van der Waals surface area (Å²) in [5, 5.41) is 12.9. The van der Waals surface area contributed by atoms with Gasteiger partial charge in [-0.25, -0.2) is 0 Å². The number of fused-ring (bicyclic) bond motifs is 1. The Morgan fingerprint density at radius 3 is 2.87 bits per heavy atom. The number of hydrogen-bond donors (Lipinski definition) is 2. The third-order valence-electron chi connectivity index (χ3n) is 6.42. The molecule has 162 valence electrons. The molecule has 3 fully saturated rings. The molecule has 1 aromatic rings. The SMILES string of the molecule is CCOC(=O)[C@@H]1[C@@H]2CCC3(S2)C(C(=O)Nc2c(C)cccc2Cl)N(CCO)C(=O)[C@H]13. The second-order valence-corrected chi connectivity index (χ2v) is 9.99. The molecule has 30 heavy (non-hydrogen) atoms. The molecule has 2 amide bonds. The summed E-state index contributed by atoms with van der Waals surface area (Å²) in [5.41, 5.74) is 1.33. The summed E-state index contributed by atoms with van der Waals surface area (Å²) in [7, 11) is 0. The first kappa shape index (κ1) is 21.5. The van der Waals surface area contributed by atoms with E-state index in [9.17, 15) is 19.5 Å². The molecular formula is C21H25ClN2O5S. The Balaban J connectivity index is 1.71. The topological polar surface area (TPSA) is 95.9 Å². The minimum absolute atomic E-state index is 0.0355. The van der Waals surface area contributed by atoms with Crippen LogP contribution < -0.4 is 5.32 Å². The highest BCUT2D eigenvalue weighted by Crippen LogP contribution is 2.66. The first-order valence-corrected chi connectivity index (χ1v) is 11.4. The van der Waals surface area contributed by atoms with Gasteiger partial charge < -0.3 is 20.1 Å². The molecule has 0 radical (unpaired) electrons. The number of carbonyl (C=O) groups is 3. The van der Waals surface area contributed by atoms with Gasteiger partial charge in [0.25, 0.3) is 0 Å². The lowest BCUT2D eigenvalue weighted by atomic mass is 9.71. The molecular weight excluding hydrogens is 428 g/mol. The van der Waals surface area contributed by atoms with E-state index in [1.54, 1.807) is 30.8 Å². The largest absolute Gasteiger partial charge is 0.466 e. The Morgan fingerprint density at radius 1 is 1.43 bits per heavy atom. The zero-order valence-corrected chi connectivity index (χ0v) is 18.5. The van der Waals surface area contributed by atoms with Crippen molar-refractivity contribution in [3.8, 4) is 0 Å². The van der Waals surface area contributed by atoms with Crippen molar-refractivity contribution < 1.29 is 24.2 Å². The summed E-state index contributed by atoms with van der Waals surface area (Å²) in [4.78, 5) is 41.0. The minimum atomic E-state index is -0.785. The number of β-amino-alcohol motifs (C(OH)–C–C–N with tert-alkyl or cyclic N) is 1. The van der Waals surface area contributed by atoms with Gasteiger partial charge in [-0.15, -0.1) is 11.8 Å². The molecule has 2 unspecified atom stereocenters. The van der Waals surface area contributed by atoms with E-state index in [2.05, 4.69) is 5.32 Å². The maximum Gasteiger partial charge on any atom is 0.310 e. The van der Waals surface area contributed by atoms with Crippen LogP contribution in [0.25, 0.3) is 0 Å². The molecule has 3 heterocycles. The summed E-state index contributed by atoms with van der Waals surface area (Å²) in [6, 6.07) is 4.56. The molecule has 3 saturated heterocycles. The van der Waals surface area contributed by atoms with Crippen LogP contribution >= 0.6 is 23.4 Å². The van der Waals surface area contributed by atoms with E-state index in [0.717, 1.165) is 12.0 Å². The number of aliphatic hydroxyl groups excluding tert-OH is 1. The van der Waals surface area contributed by atoms with Crippen LogP contribution in [0.1, 0.15) is 25.3 Å². The highest BCUT2D eigenvalue weighted by atomic mass is 35.5. The smallest absolute Gasteiger partial charge is 0.310 e. The Kier molecular flexibility index (Phi) is 5.76. The number of ether oxygens (including phenoxy) is 1. The average Bonchev–Trinajstić information content (AvgIpc) is 3.33. The summed E-state index contributed by atoms with van der Waals surface area (Å²) in [6.07, 6.45) is 1.41. The standard InChI is InChI=1S/C21H25ClN2O5S/c1-3-29-20(28)14-13-7-8-21(30-13)15(14)19(27)24(9-10-25)17(21)18(26)23-16-11(2)5-4-6-12(16)22/h4-6,13-15,17,25H,3,7-10H2,1-2H3,(H,23,26)/t13-,14+,15-,17?,21?/m0/s1. The molecule has 4 rings (SSSR count). The number of hydrogen-bond acceptors (Lipinski definition) is 6. The molecule has 5 atom stereocenters. The predicted octanol–water partition coefficient (Wildman–Crippen LogP) is 2.23. The van der Waals surface area contributed by atoms with E-state index in [0.29, 0.717) is 17.1 Å². The molecule has 0 aromatic heterocycles. The lowest BCUT2D eigenvalue weighted by Crippen LogP contribution is -2.52. The second kappa shape index (κ2) is 8.05. The number of nitrogens with zero attached hydrogens (tertiary/aromatic N) is 1. The molecule has 3 aliphatic rings. The summed E-state index contributed by atoms with van der Waals surface area (Å²) in [6.45, 7) is 3.61. The molecule has 1 aromatic carbocycles. The molecule has 0 aliphatic carbocycles. The molecule has 1 spiro atoms. The van der Waals surface area contributed by atoms with Gasteiger partial charge in [0.05, 0.1) is 40.5 Å².